The van der Waals surface area contributed by atoms with Crippen molar-refractivity contribution in [2.24, 2.45) is 0 Å². The summed E-state index contributed by atoms with van der Waals surface area (Å²) in [5, 5.41) is 6.09. The third-order valence-corrected chi connectivity index (χ3v) is 3.91. The van der Waals surface area contributed by atoms with Gasteiger partial charge >= 0.3 is 6.03 Å². The van der Waals surface area contributed by atoms with Crippen molar-refractivity contribution in [3.05, 3.63) is 53.3 Å². The summed E-state index contributed by atoms with van der Waals surface area (Å²) in [5.41, 5.74) is 1.01. The molecule has 0 radical (unpaired) electrons. The van der Waals surface area contributed by atoms with Gasteiger partial charge < -0.3 is 5.32 Å². The second-order valence-electron chi connectivity index (χ2n) is 4.20. The highest BCUT2D eigenvalue weighted by Crippen LogP contribution is 2.30. The highest BCUT2D eigenvalue weighted by atomic mass is 35.5. The maximum atomic E-state index is 13.0. The molecule has 2 N–H and O–H groups in total. The van der Waals surface area contributed by atoms with E-state index in [-0.39, 0.29) is 0 Å². The molecule has 0 spiro atoms. The van der Waals surface area contributed by atoms with Crippen LogP contribution in [0.25, 0.3) is 10.2 Å². The minimum absolute atomic E-state index is 0.367. The Bertz CT molecular complexity index is 821. The Labute approximate surface area is 128 Å². The predicted molar refractivity (Wildman–Crippen MR) is 83.7 cm³/mol. The highest BCUT2D eigenvalue weighted by molar-refractivity contribution is 7.22. The predicted octanol–water partition coefficient (Wildman–Crippen LogP) is 4.73. The van der Waals surface area contributed by atoms with Crippen LogP contribution >= 0.6 is 22.9 Å². The zero-order valence-corrected chi connectivity index (χ0v) is 12.1. The third kappa shape index (κ3) is 3.12. The van der Waals surface area contributed by atoms with E-state index >= 15 is 0 Å². The van der Waals surface area contributed by atoms with E-state index in [9.17, 15) is 9.18 Å². The summed E-state index contributed by atoms with van der Waals surface area (Å²) in [4.78, 5) is 16.1. The Morgan fingerprint density at radius 1 is 1.19 bits per heavy atom. The number of nitrogens with zero attached hydrogens (tertiary/aromatic N) is 1. The molecule has 0 aliphatic carbocycles. The number of hydrogen-bond acceptors (Lipinski definition) is 3. The maximum Gasteiger partial charge on any atom is 0.325 e. The fourth-order valence-electron chi connectivity index (χ4n) is 1.79. The third-order valence-electron chi connectivity index (χ3n) is 2.67. The van der Waals surface area contributed by atoms with Gasteiger partial charge in [0.1, 0.15) is 11.3 Å². The number of fused-ring (bicyclic) bond motifs is 1. The molecule has 7 heteroatoms. The summed E-state index contributed by atoms with van der Waals surface area (Å²) < 4.78 is 13.9. The molecule has 1 heterocycles. The normalized spacial score (nSPS) is 10.6. The first-order chi connectivity index (χ1) is 10.1. The zero-order valence-electron chi connectivity index (χ0n) is 10.6. The molecule has 0 unspecified atom stereocenters. The number of halogens is 2. The lowest BCUT2D eigenvalue weighted by Crippen LogP contribution is -2.19. The number of aromatic nitrogens is 1. The Morgan fingerprint density at radius 3 is 2.76 bits per heavy atom. The first kappa shape index (κ1) is 13.8. The van der Waals surface area contributed by atoms with Crippen molar-refractivity contribution in [2.45, 2.75) is 0 Å². The molecule has 4 nitrogen and oxygen atoms in total. The van der Waals surface area contributed by atoms with Crippen LogP contribution in [0.15, 0.2) is 42.5 Å². The van der Waals surface area contributed by atoms with Crippen molar-refractivity contribution >= 4 is 50.0 Å². The van der Waals surface area contributed by atoms with Crippen molar-refractivity contribution in [3.63, 3.8) is 0 Å². The number of hydrogen-bond donors (Lipinski definition) is 2. The number of nitrogens with one attached hydrogen (secondary N) is 2. The molecule has 3 aromatic rings. The monoisotopic (exact) mass is 321 g/mol. The number of anilines is 2. The number of thiazole rings is 1. The van der Waals surface area contributed by atoms with Gasteiger partial charge in [0, 0.05) is 5.69 Å². The zero-order chi connectivity index (χ0) is 14.8. The van der Waals surface area contributed by atoms with E-state index in [0.717, 1.165) is 4.70 Å². The summed E-state index contributed by atoms with van der Waals surface area (Å²) in [6.07, 6.45) is 0. The molecule has 0 fully saturated rings. The van der Waals surface area contributed by atoms with Crippen LogP contribution in [0.4, 0.5) is 20.0 Å². The van der Waals surface area contributed by atoms with E-state index in [1.165, 1.54) is 29.5 Å². The second-order valence-corrected chi connectivity index (χ2v) is 5.63. The SMILES string of the molecule is O=C(Nc1cccc(F)c1)Nc1nc2c(Cl)cccc2s1. The van der Waals surface area contributed by atoms with Gasteiger partial charge in [0.15, 0.2) is 5.13 Å². The van der Waals surface area contributed by atoms with Crippen molar-refractivity contribution in [1.29, 1.82) is 0 Å². The topological polar surface area (TPSA) is 54.0 Å². The molecule has 1 aromatic heterocycles. The van der Waals surface area contributed by atoms with Crippen molar-refractivity contribution < 1.29 is 9.18 Å². The number of carbonyl (C=O) groups is 1. The molecule has 0 atom stereocenters. The minimum Gasteiger partial charge on any atom is -0.308 e. The molecule has 21 heavy (non-hydrogen) atoms. The van der Waals surface area contributed by atoms with Gasteiger partial charge in [0.2, 0.25) is 0 Å². The molecule has 2 aromatic carbocycles. The van der Waals surface area contributed by atoms with Crippen LogP contribution < -0.4 is 10.6 Å². The number of para-hydroxylation sites is 1. The molecule has 0 saturated carbocycles. The van der Waals surface area contributed by atoms with Gasteiger partial charge in [0.05, 0.1) is 9.72 Å². The van der Waals surface area contributed by atoms with Crippen molar-refractivity contribution in [2.75, 3.05) is 10.6 Å². The average molecular weight is 322 g/mol. The van der Waals surface area contributed by atoms with Crippen LogP contribution in [0.2, 0.25) is 5.02 Å². The maximum absolute atomic E-state index is 13.0. The van der Waals surface area contributed by atoms with Gasteiger partial charge in [-0.3, -0.25) is 5.32 Å². The highest BCUT2D eigenvalue weighted by Gasteiger charge is 2.10. The summed E-state index contributed by atoms with van der Waals surface area (Å²) in [5.74, 6) is -0.417. The minimum atomic E-state index is -0.490. The lowest BCUT2D eigenvalue weighted by molar-refractivity contribution is 0.262. The molecule has 0 aliphatic heterocycles. The number of urea groups is 1. The van der Waals surface area contributed by atoms with Crippen molar-refractivity contribution in [1.82, 2.24) is 4.98 Å². The van der Waals surface area contributed by atoms with Crippen LogP contribution in [0.3, 0.4) is 0 Å². The first-order valence-corrected chi connectivity index (χ1v) is 7.20. The number of benzene rings is 2. The Balaban J connectivity index is 1.75. The largest absolute Gasteiger partial charge is 0.325 e. The van der Waals surface area contributed by atoms with E-state index in [1.54, 1.807) is 12.1 Å². The summed E-state index contributed by atoms with van der Waals surface area (Å²) in [6, 6.07) is 10.6. The molecule has 2 amide bonds. The van der Waals surface area contributed by atoms with Crippen LogP contribution in [0.1, 0.15) is 0 Å². The molecule has 0 aliphatic rings. The van der Waals surface area contributed by atoms with Gasteiger partial charge in [-0.05, 0) is 30.3 Å². The van der Waals surface area contributed by atoms with Crippen LogP contribution in [0.5, 0.6) is 0 Å². The van der Waals surface area contributed by atoms with Gasteiger partial charge in [-0.15, -0.1) is 0 Å². The van der Waals surface area contributed by atoms with Crippen LogP contribution in [-0.4, -0.2) is 11.0 Å². The number of amides is 2. The van der Waals surface area contributed by atoms with Crippen LogP contribution in [-0.2, 0) is 0 Å². The molecule has 106 valence electrons. The van der Waals surface area contributed by atoms with Gasteiger partial charge in [-0.1, -0.05) is 35.1 Å². The fourth-order valence-corrected chi connectivity index (χ4v) is 2.95. The lowest BCUT2D eigenvalue weighted by atomic mass is 10.3. The lowest BCUT2D eigenvalue weighted by Gasteiger charge is -2.04. The number of carbonyl (C=O) groups excluding carboxylic acids is 1. The summed E-state index contributed by atoms with van der Waals surface area (Å²) in [6.45, 7) is 0. The van der Waals surface area contributed by atoms with Gasteiger partial charge in [-0.25, -0.2) is 14.2 Å². The Morgan fingerprint density at radius 2 is 2.00 bits per heavy atom. The summed E-state index contributed by atoms with van der Waals surface area (Å²) in [7, 11) is 0. The quantitative estimate of drug-likeness (QED) is 0.716. The molecule has 0 bridgehead atoms. The van der Waals surface area contributed by atoms with Crippen LogP contribution in [0, 0.1) is 5.82 Å². The van der Waals surface area contributed by atoms with E-state index in [1.807, 2.05) is 12.1 Å². The standard InChI is InChI=1S/C14H9ClFN3OS/c15-10-5-2-6-11-12(10)18-14(21-11)19-13(20)17-9-4-1-3-8(16)7-9/h1-7H,(H2,17,18,19,20). The first-order valence-electron chi connectivity index (χ1n) is 6.00. The molecule has 0 saturated heterocycles. The molecule has 3 rings (SSSR count). The fraction of sp³-hybridized carbons (Fsp3) is 0. The Hall–Kier alpha value is -2.18. The van der Waals surface area contributed by atoms with E-state index in [0.29, 0.717) is 21.4 Å². The second kappa shape index (κ2) is 5.67. The van der Waals surface area contributed by atoms with E-state index in [2.05, 4.69) is 15.6 Å². The van der Waals surface area contributed by atoms with Gasteiger partial charge in [-0.2, -0.15) is 0 Å². The van der Waals surface area contributed by atoms with Gasteiger partial charge in [0.25, 0.3) is 0 Å². The molecular weight excluding hydrogens is 313 g/mol. The number of rotatable bonds is 2. The Kier molecular flexibility index (Phi) is 3.72. The van der Waals surface area contributed by atoms with Crippen molar-refractivity contribution in [3.8, 4) is 0 Å². The van der Waals surface area contributed by atoms with E-state index < -0.39 is 11.8 Å². The smallest absolute Gasteiger partial charge is 0.308 e. The average Bonchev–Trinajstić information content (AvgIpc) is 2.82. The molecular formula is C14H9ClFN3OS. The van der Waals surface area contributed by atoms with E-state index in [4.69, 9.17) is 11.6 Å². The summed E-state index contributed by atoms with van der Waals surface area (Å²) >= 11 is 7.34.